The van der Waals surface area contributed by atoms with Crippen molar-refractivity contribution in [2.75, 3.05) is 4.72 Å². The molecule has 0 unspecified atom stereocenters. The minimum atomic E-state index is -3.99. The van der Waals surface area contributed by atoms with Crippen molar-refractivity contribution in [3.8, 4) is 5.75 Å². The Morgan fingerprint density at radius 1 is 0.950 bits per heavy atom. The molecule has 0 saturated heterocycles. The third-order valence-electron chi connectivity index (χ3n) is 2.41. The first kappa shape index (κ1) is 15.3. The van der Waals surface area contributed by atoms with Crippen molar-refractivity contribution in [3.05, 3.63) is 51.5 Å². The first-order valence-electron chi connectivity index (χ1n) is 5.26. The van der Waals surface area contributed by atoms with Crippen LogP contribution in [0.5, 0.6) is 5.75 Å². The van der Waals surface area contributed by atoms with Crippen molar-refractivity contribution in [1.29, 1.82) is 0 Å². The van der Waals surface area contributed by atoms with E-state index in [1.165, 1.54) is 18.2 Å². The Morgan fingerprint density at radius 3 is 2.20 bits per heavy atom. The van der Waals surface area contributed by atoms with Gasteiger partial charge in [-0.2, -0.15) is 0 Å². The Labute approximate surface area is 131 Å². The fourth-order valence-corrected chi connectivity index (χ4v) is 3.55. The van der Waals surface area contributed by atoms with E-state index in [1.807, 2.05) is 0 Å². The second-order valence-corrected chi connectivity index (χ2v) is 6.69. The van der Waals surface area contributed by atoms with Crippen molar-refractivity contribution in [2.45, 2.75) is 4.90 Å². The molecule has 2 N–H and O–H groups in total. The molecule has 0 aliphatic carbocycles. The molecule has 106 valence electrons. The lowest BCUT2D eigenvalue weighted by Gasteiger charge is -2.11. The van der Waals surface area contributed by atoms with Crippen LogP contribution in [0.15, 0.2) is 41.3 Å². The molecule has 4 nitrogen and oxygen atoms in total. The monoisotopic (exact) mass is 351 g/mol. The van der Waals surface area contributed by atoms with Crippen LogP contribution < -0.4 is 4.72 Å². The van der Waals surface area contributed by atoms with Crippen LogP contribution in [0.2, 0.25) is 15.1 Å². The van der Waals surface area contributed by atoms with Crippen LogP contribution in [-0.4, -0.2) is 13.5 Å². The van der Waals surface area contributed by atoms with Gasteiger partial charge >= 0.3 is 0 Å². The van der Waals surface area contributed by atoms with E-state index in [4.69, 9.17) is 34.8 Å². The normalized spacial score (nSPS) is 11.3. The lowest BCUT2D eigenvalue weighted by atomic mass is 10.3. The van der Waals surface area contributed by atoms with E-state index in [9.17, 15) is 13.5 Å². The average molecular weight is 353 g/mol. The van der Waals surface area contributed by atoms with Crippen LogP contribution in [-0.2, 0) is 10.0 Å². The van der Waals surface area contributed by atoms with E-state index in [0.717, 1.165) is 6.07 Å². The highest BCUT2D eigenvalue weighted by atomic mass is 35.5. The SMILES string of the molecule is O=S(=O)(Nc1ccccc1O)c1cc(Cl)c(Cl)cc1Cl. The summed E-state index contributed by atoms with van der Waals surface area (Å²) in [5, 5.41) is 9.73. The summed E-state index contributed by atoms with van der Waals surface area (Å²) < 4.78 is 26.7. The summed E-state index contributed by atoms with van der Waals surface area (Å²) in [4.78, 5) is -0.225. The number of anilines is 1. The Bertz CT molecular complexity index is 763. The molecule has 2 rings (SSSR count). The van der Waals surface area contributed by atoms with Gasteiger partial charge in [-0.25, -0.2) is 8.42 Å². The lowest BCUT2D eigenvalue weighted by Crippen LogP contribution is -2.13. The maximum Gasteiger partial charge on any atom is 0.263 e. The molecule has 20 heavy (non-hydrogen) atoms. The zero-order chi connectivity index (χ0) is 14.9. The van der Waals surface area contributed by atoms with Crippen LogP contribution in [0.1, 0.15) is 0 Å². The molecule has 0 spiro atoms. The number of phenols is 1. The highest BCUT2D eigenvalue weighted by molar-refractivity contribution is 7.92. The maximum atomic E-state index is 12.2. The second kappa shape index (κ2) is 5.69. The molecule has 0 bridgehead atoms. The molecule has 0 aliphatic heterocycles. The summed E-state index contributed by atoms with van der Waals surface area (Å²) in [6.45, 7) is 0. The van der Waals surface area contributed by atoms with E-state index in [2.05, 4.69) is 4.72 Å². The van der Waals surface area contributed by atoms with Crippen molar-refractivity contribution in [2.24, 2.45) is 0 Å². The van der Waals surface area contributed by atoms with Gasteiger partial charge in [-0.3, -0.25) is 4.72 Å². The van der Waals surface area contributed by atoms with Gasteiger partial charge in [0.1, 0.15) is 10.6 Å². The van der Waals surface area contributed by atoms with Gasteiger partial charge in [-0.15, -0.1) is 0 Å². The highest BCUT2D eigenvalue weighted by Crippen LogP contribution is 2.33. The van der Waals surface area contributed by atoms with E-state index >= 15 is 0 Å². The summed E-state index contributed by atoms with van der Waals surface area (Å²) >= 11 is 17.4. The van der Waals surface area contributed by atoms with E-state index in [1.54, 1.807) is 12.1 Å². The fraction of sp³-hybridized carbons (Fsp3) is 0. The quantitative estimate of drug-likeness (QED) is 0.644. The highest BCUT2D eigenvalue weighted by Gasteiger charge is 2.21. The second-order valence-electron chi connectivity index (χ2n) is 3.82. The van der Waals surface area contributed by atoms with Crippen LogP contribution in [0.25, 0.3) is 0 Å². The zero-order valence-corrected chi connectivity index (χ0v) is 12.9. The molecule has 0 fully saturated rings. The molecule has 0 atom stereocenters. The zero-order valence-electron chi connectivity index (χ0n) is 9.77. The van der Waals surface area contributed by atoms with Gasteiger partial charge in [-0.05, 0) is 24.3 Å². The third kappa shape index (κ3) is 3.12. The van der Waals surface area contributed by atoms with Gasteiger partial charge < -0.3 is 5.11 Å². The Balaban J connectivity index is 2.47. The van der Waals surface area contributed by atoms with Gasteiger partial charge in [0.2, 0.25) is 0 Å². The number of rotatable bonds is 3. The number of sulfonamides is 1. The number of halogens is 3. The summed E-state index contributed by atoms with van der Waals surface area (Å²) in [5.41, 5.74) is 0.0367. The summed E-state index contributed by atoms with van der Waals surface area (Å²) in [7, 11) is -3.99. The molecule has 0 aliphatic rings. The number of nitrogens with one attached hydrogen (secondary N) is 1. The predicted octanol–water partition coefficient (Wildman–Crippen LogP) is 4.15. The van der Waals surface area contributed by atoms with Crippen LogP contribution >= 0.6 is 34.8 Å². The molecule has 0 aromatic heterocycles. The van der Waals surface area contributed by atoms with Gasteiger partial charge in [-0.1, -0.05) is 46.9 Å². The molecular formula is C12H8Cl3NO3S. The average Bonchev–Trinajstić information content (AvgIpc) is 2.36. The topological polar surface area (TPSA) is 66.4 Å². The molecule has 2 aromatic rings. The lowest BCUT2D eigenvalue weighted by molar-refractivity contribution is 0.477. The first-order chi connectivity index (χ1) is 9.31. The Kier molecular flexibility index (Phi) is 4.34. The summed E-state index contributed by atoms with van der Waals surface area (Å²) in [6, 6.07) is 8.30. The number of hydrogen-bond acceptors (Lipinski definition) is 3. The van der Waals surface area contributed by atoms with E-state index in [0.29, 0.717) is 0 Å². The van der Waals surface area contributed by atoms with Gasteiger partial charge in [0.15, 0.2) is 0 Å². The van der Waals surface area contributed by atoms with Crippen molar-refractivity contribution in [3.63, 3.8) is 0 Å². The molecular weight excluding hydrogens is 345 g/mol. The third-order valence-corrected chi connectivity index (χ3v) is 4.97. The van der Waals surface area contributed by atoms with E-state index in [-0.39, 0.29) is 31.4 Å². The molecule has 0 amide bonds. The van der Waals surface area contributed by atoms with Crippen molar-refractivity contribution in [1.82, 2.24) is 0 Å². The molecule has 0 saturated carbocycles. The number of aromatic hydroxyl groups is 1. The molecule has 0 radical (unpaired) electrons. The minimum Gasteiger partial charge on any atom is -0.506 e. The fourth-order valence-electron chi connectivity index (χ4n) is 1.47. The first-order valence-corrected chi connectivity index (χ1v) is 7.88. The number of hydrogen-bond donors (Lipinski definition) is 2. The maximum absolute atomic E-state index is 12.2. The Morgan fingerprint density at radius 2 is 1.55 bits per heavy atom. The predicted molar refractivity (Wildman–Crippen MR) is 80.4 cm³/mol. The van der Waals surface area contributed by atoms with Crippen LogP contribution in [0, 0.1) is 0 Å². The van der Waals surface area contributed by atoms with E-state index < -0.39 is 10.0 Å². The standard InChI is InChI=1S/C12H8Cl3NO3S/c13-7-5-9(15)12(6-8(7)14)20(18,19)16-10-3-1-2-4-11(10)17/h1-6,16-17H. The smallest absolute Gasteiger partial charge is 0.263 e. The Hall–Kier alpha value is -1.14. The summed E-state index contributed by atoms with van der Waals surface area (Å²) in [5.74, 6) is -0.202. The molecule has 8 heteroatoms. The molecule has 0 heterocycles. The van der Waals surface area contributed by atoms with Gasteiger partial charge in [0.25, 0.3) is 10.0 Å². The summed E-state index contributed by atoms with van der Waals surface area (Å²) in [6.07, 6.45) is 0. The molecule has 2 aromatic carbocycles. The van der Waals surface area contributed by atoms with Crippen LogP contribution in [0.3, 0.4) is 0 Å². The van der Waals surface area contributed by atoms with Crippen molar-refractivity contribution < 1.29 is 13.5 Å². The van der Waals surface area contributed by atoms with Gasteiger partial charge in [0, 0.05) is 0 Å². The number of phenolic OH excluding ortho intramolecular Hbond substituents is 1. The number of benzene rings is 2. The minimum absolute atomic E-state index is 0.0367. The van der Waals surface area contributed by atoms with Crippen molar-refractivity contribution >= 4 is 50.5 Å². The van der Waals surface area contributed by atoms with Crippen LogP contribution in [0.4, 0.5) is 5.69 Å². The van der Waals surface area contributed by atoms with Gasteiger partial charge in [0.05, 0.1) is 20.8 Å². The largest absolute Gasteiger partial charge is 0.506 e. The number of para-hydroxylation sites is 2.